The second kappa shape index (κ2) is 9.73. The van der Waals surface area contributed by atoms with E-state index in [4.69, 9.17) is 9.47 Å². The second-order valence-electron chi connectivity index (χ2n) is 8.20. The number of benzene rings is 2. The first-order valence-electron chi connectivity index (χ1n) is 10.5. The third kappa shape index (κ3) is 5.31. The highest BCUT2D eigenvalue weighted by atomic mass is 16.6. The Bertz CT molecular complexity index is 1180. The van der Waals surface area contributed by atoms with Gasteiger partial charge in [0, 0.05) is 12.0 Å². The molecule has 0 radical (unpaired) electrons. The summed E-state index contributed by atoms with van der Waals surface area (Å²) < 4.78 is 11.1. The lowest BCUT2D eigenvalue weighted by Crippen LogP contribution is -2.30. The van der Waals surface area contributed by atoms with Gasteiger partial charge in [-0.3, -0.25) is 9.59 Å². The summed E-state index contributed by atoms with van der Waals surface area (Å²) in [6, 6.07) is 7.89. The molecule has 0 saturated carbocycles. The number of allylic oxidation sites excluding steroid dienone is 2. The number of phenolic OH excluding ortho intramolecular Hbond substituents is 2. The highest BCUT2D eigenvalue weighted by Gasteiger charge is 2.35. The van der Waals surface area contributed by atoms with Crippen molar-refractivity contribution in [2.24, 2.45) is 0 Å². The Balaban J connectivity index is 1.85. The minimum absolute atomic E-state index is 0.0778. The van der Waals surface area contributed by atoms with Crippen molar-refractivity contribution in [2.45, 2.75) is 40.2 Å². The maximum atomic E-state index is 13.1. The van der Waals surface area contributed by atoms with E-state index >= 15 is 0 Å². The molecule has 0 amide bonds. The van der Waals surface area contributed by atoms with Crippen LogP contribution in [0.4, 0.5) is 0 Å². The number of esters is 1. The standard InChI is InChI=1S/C26H26O7/c1-14(2)5-10-21(33-23(30)13-32-22-11-15(3)6-7-16(22)4)17-12-20(29)24-18(27)8-9-19(28)25(24)26(17)31/h5-9,11-12,21,27-28H,10,13H2,1-4H3/t21-/m1/s1. The molecule has 2 N–H and O–H groups in total. The van der Waals surface area contributed by atoms with Gasteiger partial charge >= 0.3 is 5.97 Å². The van der Waals surface area contributed by atoms with Crippen molar-refractivity contribution in [2.75, 3.05) is 6.61 Å². The van der Waals surface area contributed by atoms with Crippen LogP contribution < -0.4 is 4.74 Å². The van der Waals surface area contributed by atoms with Crippen LogP contribution in [0.15, 0.2) is 53.6 Å². The SMILES string of the molecule is CC(C)=CC[C@@H](OC(=O)COc1cc(C)ccc1C)C1=CC(=O)c2c(O)ccc(O)c2C1=O. The normalized spacial score (nSPS) is 13.6. The van der Waals surface area contributed by atoms with Crippen molar-refractivity contribution >= 4 is 17.5 Å². The molecule has 3 rings (SSSR count). The van der Waals surface area contributed by atoms with Gasteiger partial charge in [-0.2, -0.15) is 0 Å². The quantitative estimate of drug-likeness (QED) is 0.366. The Morgan fingerprint density at radius 2 is 1.70 bits per heavy atom. The molecule has 1 atom stereocenters. The van der Waals surface area contributed by atoms with Gasteiger partial charge in [0.2, 0.25) is 0 Å². The maximum absolute atomic E-state index is 13.1. The van der Waals surface area contributed by atoms with Crippen LogP contribution in [0.2, 0.25) is 0 Å². The van der Waals surface area contributed by atoms with E-state index in [1.165, 1.54) is 0 Å². The number of hydrogen-bond donors (Lipinski definition) is 2. The fraction of sp³-hybridized carbons (Fsp3) is 0.269. The number of Topliss-reactive ketones (excluding diaryl/α,β-unsaturated/α-hetero) is 1. The molecule has 1 aliphatic carbocycles. The van der Waals surface area contributed by atoms with Crippen molar-refractivity contribution in [1.82, 2.24) is 0 Å². The van der Waals surface area contributed by atoms with Crippen LogP contribution in [-0.2, 0) is 9.53 Å². The van der Waals surface area contributed by atoms with E-state index < -0.39 is 35.1 Å². The molecule has 0 aromatic heterocycles. The second-order valence-corrected chi connectivity index (χ2v) is 8.20. The number of ketones is 2. The third-order valence-electron chi connectivity index (χ3n) is 5.23. The van der Waals surface area contributed by atoms with E-state index in [1.54, 1.807) is 12.1 Å². The molecule has 0 spiro atoms. The molecule has 0 saturated heterocycles. The molecule has 0 fully saturated rings. The summed E-state index contributed by atoms with van der Waals surface area (Å²) in [4.78, 5) is 38.4. The molecule has 33 heavy (non-hydrogen) atoms. The highest BCUT2D eigenvalue weighted by molar-refractivity contribution is 6.27. The van der Waals surface area contributed by atoms with Crippen molar-refractivity contribution in [1.29, 1.82) is 0 Å². The van der Waals surface area contributed by atoms with Gasteiger partial charge in [0.25, 0.3) is 0 Å². The van der Waals surface area contributed by atoms with E-state index in [2.05, 4.69) is 0 Å². The van der Waals surface area contributed by atoms with E-state index in [-0.39, 0.29) is 29.7 Å². The number of ether oxygens (including phenoxy) is 2. The molecule has 0 bridgehead atoms. The zero-order valence-corrected chi connectivity index (χ0v) is 19.0. The molecule has 7 nitrogen and oxygen atoms in total. The van der Waals surface area contributed by atoms with Crippen molar-refractivity contribution in [3.63, 3.8) is 0 Å². The number of phenols is 2. The Morgan fingerprint density at radius 3 is 2.36 bits per heavy atom. The van der Waals surface area contributed by atoms with Gasteiger partial charge in [-0.05, 0) is 63.1 Å². The summed E-state index contributed by atoms with van der Waals surface area (Å²) in [6.07, 6.45) is 1.91. The van der Waals surface area contributed by atoms with E-state index in [1.807, 2.05) is 39.8 Å². The van der Waals surface area contributed by atoms with Crippen LogP contribution in [-0.4, -0.2) is 40.5 Å². The lowest BCUT2D eigenvalue weighted by molar-refractivity contribution is -0.149. The summed E-state index contributed by atoms with van der Waals surface area (Å²) in [5.41, 5.74) is 2.11. The molecule has 0 unspecified atom stereocenters. The monoisotopic (exact) mass is 450 g/mol. The van der Waals surface area contributed by atoms with E-state index in [9.17, 15) is 24.6 Å². The zero-order chi connectivity index (χ0) is 24.3. The van der Waals surface area contributed by atoms with E-state index in [0.29, 0.717) is 5.75 Å². The fourth-order valence-electron chi connectivity index (χ4n) is 3.50. The molecule has 1 aliphatic rings. The van der Waals surface area contributed by atoms with Crippen LogP contribution in [0.1, 0.15) is 52.1 Å². The first-order valence-corrected chi connectivity index (χ1v) is 10.5. The minimum atomic E-state index is -1.07. The fourth-order valence-corrected chi connectivity index (χ4v) is 3.50. The van der Waals surface area contributed by atoms with Crippen molar-refractivity contribution in [3.8, 4) is 17.2 Å². The molecule has 7 heteroatoms. The molecule has 0 aliphatic heterocycles. The molecule has 2 aromatic rings. The summed E-state index contributed by atoms with van der Waals surface area (Å²) in [5.74, 6) is -2.35. The lowest BCUT2D eigenvalue weighted by Gasteiger charge is -2.23. The highest BCUT2D eigenvalue weighted by Crippen LogP contribution is 2.36. The van der Waals surface area contributed by atoms with Crippen LogP contribution >= 0.6 is 0 Å². The number of aromatic hydroxyl groups is 2. The topological polar surface area (TPSA) is 110 Å². The van der Waals surface area contributed by atoms with Gasteiger partial charge in [-0.15, -0.1) is 0 Å². The number of carbonyl (C=O) groups is 3. The Morgan fingerprint density at radius 1 is 1.03 bits per heavy atom. The average molecular weight is 450 g/mol. The lowest BCUT2D eigenvalue weighted by atomic mass is 9.85. The predicted octanol–water partition coefficient (Wildman–Crippen LogP) is 4.37. The molecular weight excluding hydrogens is 424 g/mol. The number of fused-ring (bicyclic) bond motifs is 1. The van der Waals surface area contributed by atoms with Crippen LogP contribution in [0.25, 0.3) is 0 Å². The van der Waals surface area contributed by atoms with Crippen molar-refractivity contribution in [3.05, 3.63) is 75.9 Å². The first-order chi connectivity index (χ1) is 15.6. The van der Waals surface area contributed by atoms with Crippen LogP contribution in [0.3, 0.4) is 0 Å². The summed E-state index contributed by atoms with van der Waals surface area (Å²) in [6.45, 7) is 7.08. The third-order valence-corrected chi connectivity index (χ3v) is 5.23. The summed E-state index contributed by atoms with van der Waals surface area (Å²) >= 11 is 0. The number of carbonyl (C=O) groups excluding carboxylic acids is 3. The molecule has 2 aromatic carbocycles. The van der Waals surface area contributed by atoms with Gasteiger partial charge in [0.1, 0.15) is 23.4 Å². The van der Waals surface area contributed by atoms with E-state index in [0.717, 1.165) is 34.9 Å². The molecular formula is C26H26O7. The number of hydrogen-bond acceptors (Lipinski definition) is 7. The number of aryl methyl sites for hydroxylation is 2. The largest absolute Gasteiger partial charge is 0.507 e. The Labute approximate surface area is 192 Å². The van der Waals surface area contributed by atoms with Gasteiger partial charge in [-0.25, -0.2) is 4.79 Å². The average Bonchev–Trinajstić information content (AvgIpc) is 2.75. The zero-order valence-electron chi connectivity index (χ0n) is 19.0. The van der Waals surface area contributed by atoms with Gasteiger partial charge in [-0.1, -0.05) is 23.8 Å². The maximum Gasteiger partial charge on any atom is 0.344 e. The Hall–Kier alpha value is -3.87. The summed E-state index contributed by atoms with van der Waals surface area (Å²) in [7, 11) is 0. The first kappa shape index (κ1) is 23.8. The minimum Gasteiger partial charge on any atom is -0.507 e. The van der Waals surface area contributed by atoms with Gasteiger partial charge in [0.15, 0.2) is 18.2 Å². The van der Waals surface area contributed by atoms with Gasteiger partial charge in [0.05, 0.1) is 11.1 Å². The molecule has 172 valence electrons. The van der Waals surface area contributed by atoms with Crippen LogP contribution in [0.5, 0.6) is 17.2 Å². The predicted molar refractivity (Wildman–Crippen MR) is 122 cm³/mol. The summed E-state index contributed by atoms with van der Waals surface area (Å²) in [5, 5.41) is 20.2. The van der Waals surface area contributed by atoms with Crippen LogP contribution in [0, 0.1) is 13.8 Å². The van der Waals surface area contributed by atoms with Crippen molar-refractivity contribution < 1.29 is 34.1 Å². The Kier molecular flexibility index (Phi) is 7.01. The number of rotatable bonds is 7. The molecule has 0 heterocycles. The smallest absolute Gasteiger partial charge is 0.344 e. The van der Waals surface area contributed by atoms with Gasteiger partial charge < -0.3 is 19.7 Å².